The van der Waals surface area contributed by atoms with Gasteiger partial charge in [0.2, 0.25) is 0 Å². The molecule has 19 heavy (non-hydrogen) atoms. The van der Waals surface area contributed by atoms with Crippen LogP contribution in [0.15, 0.2) is 24.3 Å². The smallest absolute Gasteiger partial charge is 0.306 e. The van der Waals surface area contributed by atoms with E-state index >= 15 is 0 Å². The number of carboxylic acids is 1. The molecule has 0 unspecified atom stereocenters. The first-order valence-corrected chi connectivity index (χ1v) is 6.91. The molecule has 1 aliphatic rings. The monoisotopic (exact) mass is 263 g/mol. The third kappa shape index (κ3) is 3.63. The summed E-state index contributed by atoms with van der Waals surface area (Å²) >= 11 is 0. The minimum absolute atomic E-state index is 0.177. The Hall–Kier alpha value is -1.71. The lowest BCUT2D eigenvalue weighted by Crippen LogP contribution is -2.36. The third-order valence-electron chi connectivity index (χ3n) is 3.52. The van der Waals surface area contributed by atoms with Crippen molar-refractivity contribution in [1.29, 1.82) is 0 Å². The number of nitrogens with zero attached hydrogens (tertiary/aromatic N) is 1. The molecule has 0 amide bonds. The van der Waals surface area contributed by atoms with Gasteiger partial charge in [-0.2, -0.15) is 0 Å². The van der Waals surface area contributed by atoms with Crippen molar-refractivity contribution >= 4 is 11.7 Å². The lowest BCUT2D eigenvalue weighted by Gasteiger charge is -2.32. The van der Waals surface area contributed by atoms with Gasteiger partial charge in [0, 0.05) is 18.8 Å². The summed E-state index contributed by atoms with van der Waals surface area (Å²) in [7, 11) is 0. The summed E-state index contributed by atoms with van der Waals surface area (Å²) < 4.78 is 5.55. The number of aliphatic carboxylic acids is 1. The maximum Gasteiger partial charge on any atom is 0.306 e. The zero-order valence-corrected chi connectivity index (χ0v) is 11.3. The Morgan fingerprint density at radius 3 is 2.47 bits per heavy atom. The number of hydrogen-bond donors (Lipinski definition) is 1. The van der Waals surface area contributed by atoms with Crippen LogP contribution < -0.4 is 9.64 Å². The standard InChI is InChI=1S/C15H21NO3/c1-2-11-19-14-5-3-13(4-6-14)16-9-7-12(8-10-16)15(17)18/h3-6,12H,2,7-11H2,1H3,(H,17,18). The van der Waals surface area contributed by atoms with Gasteiger partial charge in [-0.3, -0.25) is 4.79 Å². The normalized spacial score (nSPS) is 16.4. The molecule has 0 aliphatic carbocycles. The molecule has 0 radical (unpaired) electrons. The Bertz CT molecular complexity index is 408. The largest absolute Gasteiger partial charge is 0.494 e. The van der Waals surface area contributed by atoms with Crippen LogP contribution in [0.4, 0.5) is 5.69 Å². The van der Waals surface area contributed by atoms with Crippen LogP contribution >= 0.6 is 0 Å². The molecule has 0 aromatic heterocycles. The highest BCUT2D eigenvalue weighted by Crippen LogP contribution is 2.25. The summed E-state index contributed by atoms with van der Waals surface area (Å²) in [6, 6.07) is 8.06. The van der Waals surface area contributed by atoms with Gasteiger partial charge in [-0.25, -0.2) is 0 Å². The fraction of sp³-hybridized carbons (Fsp3) is 0.533. The van der Waals surface area contributed by atoms with E-state index in [9.17, 15) is 4.79 Å². The van der Waals surface area contributed by atoms with Gasteiger partial charge < -0.3 is 14.7 Å². The average Bonchev–Trinajstić information content (AvgIpc) is 2.46. The first kappa shape index (κ1) is 13.7. The van der Waals surface area contributed by atoms with Crippen molar-refractivity contribution in [2.45, 2.75) is 26.2 Å². The Morgan fingerprint density at radius 2 is 1.95 bits per heavy atom. The summed E-state index contributed by atoms with van der Waals surface area (Å²) in [5, 5.41) is 8.98. The fourth-order valence-electron chi connectivity index (χ4n) is 2.36. The molecule has 0 saturated carbocycles. The van der Waals surface area contributed by atoms with Crippen molar-refractivity contribution in [2.75, 3.05) is 24.6 Å². The van der Waals surface area contributed by atoms with Crippen LogP contribution in [0.2, 0.25) is 0 Å². The Morgan fingerprint density at radius 1 is 1.32 bits per heavy atom. The van der Waals surface area contributed by atoms with Gasteiger partial charge in [-0.15, -0.1) is 0 Å². The van der Waals surface area contributed by atoms with Crippen molar-refractivity contribution < 1.29 is 14.6 Å². The Labute approximate surface area is 114 Å². The molecule has 1 aromatic carbocycles. The maximum atomic E-state index is 10.9. The van der Waals surface area contributed by atoms with E-state index in [-0.39, 0.29) is 5.92 Å². The number of benzene rings is 1. The van der Waals surface area contributed by atoms with Crippen molar-refractivity contribution in [3.8, 4) is 5.75 Å². The highest BCUT2D eigenvalue weighted by Gasteiger charge is 2.24. The van der Waals surface area contributed by atoms with Gasteiger partial charge >= 0.3 is 5.97 Å². The van der Waals surface area contributed by atoms with Crippen LogP contribution in [-0.4, -0.2) is 30.8 Å². The van der Waals surface area contributed by atoms with Crippen LogP contribution in [0, 0.1) is 5.92 Å². The lowest BCUT2D eigenvalue weighted by molar-refractivity contribution is -0.142. The van der Waals surface area contributed by atoms with Gasteiger partial charge in [0.15, 0.2) is 0 Å². The molecule has 0 atom stereocenters. The van der Waals surface area contributed by atoms with Gasteiger partial charge in [-0.1, -0.05) is 6.92 Å². The third-order valence-corrected chi connectivity index (χ3v) is 3.52. The van der Waals surface area contributed by atoms with Gasteiger partial charge in [-0.05, 0) is 43.5 Å². The molecular weight excluding hydrogens is 242 g/mol. The Kier molecular flexibility index (Phi) is 4.66. The van der Waals surface area contributed by atoms with Crippen LogP contribution in [0.3, 0.4) is 0 Å². The summed E-state index contributed by atoms with van der Waals surface area (Å²) in [5.41, 5.74) is 1.15. The maximum absolute atomic E-state index is 10.9. The fourth-order valence-corrected chi connectivity index (χ4v) is 2.36. The van der Waals surface area contributed by atoms with E-state index in [1.807, 2.05) is 24.3 Å². The van der Waals surface area contributed by atoms with Crippen LogP contribution in [0.1, 0.15) is 26.2 Å². The summed E-state index contributed by atoms with van der Waals surface area (Å²) in [6.07, 6.45) is 2.46. The molecule has 0 bridgehead atoms. The van der Waals surface area contributed by atoms with Gasteiger partial charge in [0.25, 0.3) is 0 Å². The van der Waals surface area contributed by atoms with Crippen molar-refractivity contribution in [3.63, 3.8) is 0 Å². The SMILES string of the molecule is CCCOc1ccc(N2CCC(C(=O)O)CC2)cc1. The van der Waals surface area contributed by atoms with E-state index < -0.39 is 5.97 Å². The molecule has 1 aromatic rings. The number of rotatable bonds is 5. The highest BCUT2D eigenvalue weighted by molar-refractivity contribution is 5.70. The summed E-state index contributed by atoms with van der Waals surface area (Å²) in [5.74, 6) is 0.0531. The van der Waals surface area contributed by atoms with Gasteiger partial charge in [0.1, 0.15) is 5.75 Å². The molecule has 1 saturated heterocycles. The second kappa shape index (κ2) is 6.45. The van der Waals surface area contributed by atoms with Gasteiger partial charge in [0.05, 0.1) is 12.5 Å². The number of anilines is 1. The molecule has 1 aliphatic heterocycles. The minimum Gasteiger partial charge on any atom is -0.494 e. The summed E-state index contributed by atoms with van der Waals surface area (Å²) in [4.78, 5) is 13.1. The van der Waals surface area contributed by atoms with Crippen molar-refractivity contribution in [1.82, 2.24) is 0 Å². The van der Waals surface area contributed by atoms with E-state index in [1.165, 1.54) is 0 Å². The molecule has 2 rings (SSSR count). The average molecular weight is 263 g/mol. The van der Waals surface area contributed by atoms with Crippen molar-refractivity contribution in [3.05, 3.63) is 24.3 Å². The summed E-state index contributed by atoms with van der Waals surface area (Å²) in [6.45, 7) is 4.45. The molecule has 4 nitrogen and oxygen atoms in total. The van der Waals surface area contributed by atoms with E-state index in [1.54, 1.807) is 0 Å². The zero-order valence-electron chi connectivity index (χ0n) is 11.3. The quantitative estimate of drug-likeness (QED) is 0.887. The predicted molar refractivity (Wildman–Crippen MR) is 74.8 cm³/mol. The van der Waals surface area contributed by atoms with E-state index in [2.05, 4.69) is 11.8 Å². The second-order valence-corrected chi connectivity index (χ2v) is 4.94. The molecule has 1 fully saturated rings. The molecule has 104 valence electrons. The molecule has 0 spiro atoms. The first-order valence-electron chi connectivity index (χ1n) is 6.91. The Balaban J connectivity index is 1.90. The lowest BCUT2D eigenvalue weighted by atomic mass is 9.97. The second-order valence-electron chi connectivity index (χ2n) is 4.94. The minimum atomic E-state index is -0.664. The highest BCUT2D eigenvalue weighted by atomic mass is 16.5. The number of ether oxygens (including phenoxy) is 1. The van der Waals surface area contributed by atoms with Crippen LogP contribution in [-0.2, 0) is 4.79 Å². The number of carbonyl (C=O) groups is 1. The first-order chi connectivity index (χ1) is 9.20. The van der Waals surface area contributed by atoms with Crippen LogP contribution in [0.25, 0.3) is 0 Å². The number of hydrogen-bond acceptors (Lipinski definition) is 3. The molecule has 4 heteroatoms. The topological polar surface area (TPSA) is 49.8 Å². The van der Waals surface area contributed by atoms with Crippen LogP contribution in [0.5, 0.6) is 5.75 Å². The molecular formula is C15H21NO3. The predicted octanol–water partition coefficient (Wildman–Crippen LogP) is 2.78. The molecule has 1 heterocycles. The van der Waals surface area contributed by atoms with E-state index in [0.29, 0.717) is 0 Å². The van der Waals surface area contributed by atoms with Crippen molar-refractivity contribution in [2.24, 2.45) is 5.92 Å². The van der Waals surface area contributed by atoms with E-state index in [4.69, 9.17) is 9.84 Å². The number of piperidine rings is 1. The van der Waals surface area contributed by atoms with E-state index in [0.717, 1.165) is 50.4 Å². The zero-order chi connectivity index (χ0) is 13.7. The number of carboxylic acid groups (broad SMARTS) is 1. The molecule has 1 N–H and O–H groups in total.